The van der Waals surface area contributed by atoms with Crippen molar-refractivity contribution in [2.45, 2.75) is 12.5 Å². The number of para-hydroxylation sites is 1. The van der Waals surface area contributed by atoms with Gasteiger partial charge in [0.2, 0.25) is 0 Å². The number of hydrogen-bond acceptors (Lipinski definition) is 4. The van der Waals surface area contributed by atoms with E-state index >= 15 is 0 Å². The highest BCUT2D eigenvalue weighted by atomic mass is 35.5. The van der Waals surface area contributed by atoms with E-state index in [0.29, 0.717) is 17.3 Å². The Hall–Kier alpha value is -2.54. The first-order valence-electron chi connectivity index (χ1n) is 7.63. The van der Waals surface area contributed by atoms with Gasteiger partial charge in [-0.25, -0.2) is 0 Å². The number of nitrogens with zero attached hydrogens (tertiary/aromatic N) is 3. The third-order valence-corrected chi connectivity index (χ3v) is 4.24. The van der Waals surface area contributed by atoms with Gasteiger partial charge in [-0.05, 0) is 18.6 Å². The number of aromatic nitrogens is 2. The lowest BCUT2D eigenvalue weighted by Crippen LogP contribution is -2.43. The smallest absolute Gasteiger partial charge is 0.313 e. The van der Waals surface area contributed by atoms with E-state index in [0.717, 1.165) is 18.7 Å². The zero-order chi connectivity index (χ0) is 17.1. The van der Waals surface area contributed by atoms with Gasteiger partial charge in [-0.15, -0.1) is 0 Å². The molecule has 1 aliphatic rings. The van der Waals surface area contributed by atoms with E-state index in [4.69, 9.17) is 11.6 Å². The molecule has 7 nitrogen and oxygen atoms in total. The van der Waals surface area contributed by atoms with Crippen molar-refractivity contribution < 1.29 is 9.59 Å². The third-order valence-electron chi connectivity index (χ3n) is 3.91. The molecule has 8 heteroatoms. The van der Waals surface area contributed by atoms with Crippen molar-refractivity contribution >= 4 is 34.8 Å². The number of benzene rings is 1. The first kappa shape index (κ1) is 16.3. The molecule has 0 spiro atoms. The predicted molar refractivity (Wildman–Crippen MR) is 92.1 cm³/mol. The van der Waals surface area contributed by atoms with Gasteiger partial charge >= 0.3 is 11.8 Å². The standard InChI is InChI=1S/C16H18ClN5O2/c1-21-10-12(8-18-21)22-7-6-11(9-22)19-15(23)16(24)20-14-5-3-2-4-13(14)17/h2-5,8,10-11H,6-7,9H2,1H3,(H,19,23)(H,20,24)/t11-/m1/s1. The van der Waals surface area contributed by atoms with Gasteiger partial charge in [0.15, 0.2) is 0 Å². The number of amides is 2. The highest BCUT2D eigenvalue weighted by molar-refractivity contribution is 6.41. The third kappa shape index (κ3) is 3.68. The molecular formula is C16H18ClN5O2. The molecule has 0 saturated carbocycles. The largest absolute Gasteiger partial charge is 0.367 e. The summed E-state index contributed by atoms with van der Waals surface area (Å²) in [6.07, 6.45) is 4.49. The molecule has 1 aromatic heterocycles. The lowest BCUT2D eigenvalue weighted by atomic mass is 10.2. The van der Waals surface area contributed by atoms with Crippen LogP contribution in [0.5, 0.6) is 0 Å². The second-order valence-electron chi connectivity index (χ2n) is 5.71. The summed E-state index contributed by atoms with van der Waals surface area (Å²) in [7, 11) is 1.86. The first-order valence-corrected chi connectivity index (χ1v) is 8.00. The number of hydrogen-bond donors (Lipinski definition) is 2. The van der Waals surface area contributed by atoms with Crippen molar-refractivity contribution in [2.24, 2.45) is 7.05 Å². The van der Waals surface area contributed by atoms with Gasteiger partial charge < -0.3 is 15.5 Å². The van der Waals surface area contributed by atoms with Gasteiger partial charge in [0.1, 0.15) is 0 Å². The molecule has 2 N–H and O–H groups in total. The number of carbonyl (C=O) groups excluding carboxylic acids is 2. The van der Waals surface area contributed by atoms with Crippen molar-refractivity contribution in [3.05, 3.63) is 41.7 Å². The van der Waals surface area contributed by atoms with Crippen molar-refractivity contribution in [3.63, 3.8) is 0 Å². The van der Waals surface area contributed by atoms with E-state index in [1.165, 1.54) is 0 Å². The van der Waals surface area contributed by atoms with Crippen LogP contribution in [-0.4, -0.2) is 40.7 Å². The Bertz CT molecular complexity index is 760. The zero-order valence-electron chi connectivity index (χ0n) is 13.2. The SMILES string of the molecule is Cn1cc(N2CC[C@@H](NC(=O)C(=O)Nc3ccccc3Cl)C2)cn1. The molecule has 126 valence electrons. The fourth-order valence-corrected chi connectivity index (χ4v) is 2.86. The fourth-order valence-electron chi connectivity index (χ4n) is 2.68. The van der Waals surface area contributed by atoms with E-state index in [9.17, 15) is 9.59 Å². The molecule has 0 aliphatic carbocycles. The van der Waals surface area contributed by atoms with E-state index < -0.39 is 11.8 Å². The molecular weight excluding hydrogens is 330 g/mol. The van der Waals surface area contributed by atoms with E-state index in [1.54, 1.807) is 35.1 Å². The Morgan fingerprint density at radius 3 is 2.79 bits per heavy atom. The number of nitrogens with one attached hydrogen (secondary N) is 2. The minimum Gasteiger partial charge on any atom is -0.367 e. The summed E-state index contributed by atoms with van der Waals surface area (Å²) in [5.74, 6) is -1.38. The molecule has 24 heavy (non-hydrogen) atoms. The van der Waals surface area contributed by atoms with Crippen molar-refractivity contribution in [1.82, 2.24) is 15.1 Å². The van der Waals surface area contributed by atoms with Gasteiger partial charge in [-0.1, -0.05) is 23.7 Å². The van der Waals surface area contributed by atoms with Crippen LogP contribution in [0.1, 0.15) is 6.42 Å². The maximum absolute atomic E-state index is 12.1. The van der Waals surface area contributed by atoms with Crippen LogP contribution in [-0.2, 0) is 16.6 Å². The summed E-state index contributed by atoms with van der Waals surface area (Å²) in [5, 5.41) is 9.81. The lowest BCUT2D eigenvalue weighted by Gasteiger charge is -2.16. The average Bonchev–Trinajstić information content (AvgIpc) is 3.18. The first-order chi connectivity index (χ1) is 11.5. The summed E-state index contributed by atoms with van der Waals surface area (Å²) in [4.78, 5) is 26.2. The second-order valence-corrected chi connectivity index (χ2v) is 6.12. The van der Waals surface area contributed by atoms with Gasteiger partial charge in [-0.2, -0.15) is 5.10 Å². The lowest BCUT2D eigenvalue weighted by molar-refractivity contribution is -0.136. The maximum atomic E-state index is 12.1. The van der Waals surface area contributed by atoms with Crippen LogP contribution in [0.2, 0.25) is 5.02 Å². The summed E-state index contributed by atoms with van der Waals surface area (Å²) in [6.45, 7) is 1.46. The number of anilines is 2. The Morgan fingerprint density at radius 1 is 1.29 bits per heavy atom. The second kappa shape index (κ2) is 6.92. The molecule has 1 aliphatic heterocycles. The van der Waals surface area contributed by atoms with Crippen LogP contribution < -0.4 is 15.5 Å². The molecule has 0 unspecified atom stereocenters. The van der Waals surface area contributed by atoms with Crippen LogP contribution in [0, 0.1) is 0 Å². The molecule has 1 fully saturated rings. The number of rotatable bonds is 3. The normalized spacial score (nSPS) is 16.9. The average molecular weight is 348 g/mol. The molecule has 2 aromatic rings. The molecule has 1 atom stereocenters. The van der Waals surface area contributed by atoms with Gasteiger partial charge in [0, 0.05) is 32.4 Å². The molecule has 2 heterocycles. The molecule has 0 bridgehead atoms. The quantitative estimate of drug-likeness (QED) is 0.823. The minimum absolute atomic E-state index is 0.0744. The van der Waals surface area contributed by atoms with Crippen molar-refractivity contribution in [1.29, 1.82) is 0 Å². The Kier molecular flexibility index (Phi) is 4.71. The summed E-state index contributed by atoms with van der Waals surface area (Å²) < 4.78 is 1.73. The van der Waals surface area contributed by atoms with E-state index in [2.05, 4.69) is 20.6 Å². The van der Waals surface area contributed by atoms with Crippen LogP contribution >= 0.6 is 11.6 Å². The minimum atomic E-state index is -0.720. The Morgan fingerprint density at radius 2 is 2.08 bits per heavy atom. The number of halogens is 1. The topological polar surface area (TPSA) is 79.3 Å². The van der Waals surface area contributed by atoms with Crippen LogP contribution in [0.4, 0.5) is 11.4 Å². The van der Waals surface area contributed by atoms with Crippen LogP contribution in [0.3, 0.4) is 0 Å². The molecule has 2 amide bonds. The van der Waals surface area contributed by atoms with Crippen LogP contribution in [0.25, 0.3) is 0 Å². The number of carbonyl (C=O) groups is 2. The highest BCUT2D eigenvalue weighted by Gasteiger charge is 2.27. The van der Waals surface area contributed by atoms with Crippen molar-refractivity contribution in [3.8, 4) is 0 Å². The molecule has 0 radical (unpaired) electrons. The Labute approximate surface area is 144 Å². The predicted octanol–water partition coefficient (Wildman–Crippen LogP) is 1.41. The number of aryl methyl sites for hydroxylation is 1. The van der Waals surface area contributed by atoms with E-state index in [1.807, 2.05) is 13.2 Å². The molecule has 3 rings (SSSR count). The molecule has 1 aromatic carbocycles. The summed E-state index contributed by atoms with van der Waals surface area (Å²) in [5.41, 5.74) is 1.43. The summed E-state index contributed by atoms with van der Waals surface area (Å²) >= 11 is 5.97. The van der Waals surface area contributed by atoms with Gasteiger partial charge in [0.05, 0.1) is 22.6 Å². The van der Waals surface area contributed by atoms with E-state index in [-0.39, 0.29) is 6.04 Å². The van der Waals surface area contributed by atoms with Gasteiger partial charge in [0.25, 0.3) is 0 Å². The zero-order valence-corrected chi connectivity index (χ0v) is 14.0. The monoisotopic (exact) mass is 347 g/mol. The Balaban J connectivity index is 1.53. The summed E-state index contributed by atoms with van der Waals surface area (Å²) in [6, 6.07) is 6.71. The highest BCUT2D eigenvalue weighted by Crippen LogP contribution is 2.21. The molecule has 1 saturated heterocycles. The fraction of sp³-hybridized carbons (Fsp3) is 0.312. The van der Waals surface area contributed by atoms with Gasteiger partial charge in [-0.3, -0.25) is 14.3 Å². The van der Waals surface area contributed by atoms with Crippen LogP contribution in [0.15, 0.2) is 36.7 Å². The van der Waals surface area contributed by atoms with Crippen molar-refractivity contribution in [2.75, 3.05) is 23.3 Å². The maximum Gasteiger partial charge on any atom is 0.313 e.